The normalized spacial score (nSPS) is 23.0. The molecule has 1 amide bonds. The van der Waals surface area contributed by atoms with E-state index in [2.05, 4.69) is 5.32 Å². The van der Waals surface area contributed by atoms with Crippen molar-refractivity contribution in [3.8, 4) is 0 Å². The van der Waals surface area contributed by atoms with Gasteiger partial charge in [0.2, 0.25) is 5.91 Å². The fourth-order valence-electron chi connectivity index (χ4n) is 2.86. The van der Waals surface area contributed by atoms with Gasteiger partial charge in [-0.1, -0.05) is 5.57 Å². The maximum atomic E-state index is 12.2. The zero-order valence-corrected chi connectivity index (χ0v) is 12.9. The molecule has 3 fully saturated rings. The lowest BCUT2D eigenvalue weighted by molar-refractivity contribution is -0.147. The Bertz CT molecular complexity index is 447. The van der Waals surface area contributed by atoms with Gasteiger partial charge in [0.25, 0.3) is 0 Å². The summed E-state index contributed by atoms with van der Waals surface area (Å²) in [6.45, 7) is 1.03. The largest absolute Gasteiger partial charge is 0.467 e. The first kappa shape index (κ1) is 15.5. The van der Waals surface area contributed by atoms with Crippen LogP contribution in [-0.4, -0.2) is 44.5 Å². The smallest absolute Gasteiger partial charge is 0.328 e. The molecule has 6 nitrogen and oxygen atoms in total. The van der Waals surface area contributed by atoms with Gasteiger partial charge in [-0.2, -0.15) is 0 Å². The second-order valence-corrected chi connectivity index (χ2v) is 6.18. The lowest BCUT2D eigenvalue weighted by Crippen LogP contribution is -2.43. The van der Waals surface area contributed by atoms with Crippen molar-refractivity contribution in [1.29, 1.82) is 0 Å². The highest BCUT2D eigenvalue weighted by molar-refractivity contribution is 5.92. The number of esters is 1. The third kappa shape index (κ3) is 4.08. The number of rotatable bonds is 7. The highest BCUT2D eigenvalue weighted by Gasteiger charge is 2.37. The fourth-order valence-corrected chi connectivity index (χ4v) is 2.86. The van der Waals surface area contributed by atoms with E-state index in [1.54, 1.807) is 6.08 Å². The molecule has 0 spiro atoms. The van der Waals surface area contributed by atoms with Crippen LogP contribution in [0.1, 0.15) is 32.1 Å². The zero-order chi connectivity index (χ0) is 15.5. The maximum absolute atomic E-state index is 12.2. The van der Waals surface area contributed by atoms with Crippen molar-refractivity contribution in [3.63, 3.8) is 0 Å². The molecule has 2 aliphatic carbocycles. The average Bonchev–Trinajstić information content (AvgIpc) is 3.43. The van der Waals surface area contributed by atoms with E-state index < -0.39 is 18.3 Å². The number of ether oxygens (including phenoxy) is 3. The summed E-state index contributed by atoms with van der Waals surface area (Å²) in [5.41, 5.74) is 1.26. The number of hydrogen-bond donors (Lipinski definition) is 1. The molecule has 6 heteroatoms. The summed E-state index contributed by atoms with van der Waals surface area (Å²) < 4.78 is 15.4. The second kappa shape index (κ2) is 6.79. The van der Waals surface area contributed by atoms with Gasteiger partial charge < -0.3 is 19.5 Å². The first-order valence-electron chi connectivity index (χ1n) is 8.00. The Kier molecular flexibility index (Phi) is 4.78. The van der Waals surface area contributed by atoms with Gasteiger partial charge in [-0.05, 0) is 37.5 Å². The van der Waals surface area contributed by atoms with Gasteiger partial charge in [0, 0.05) is 12.5 Å². The molecule has 122 valence electrons. The van der Waals surface area contributed by atoms with Gasteiger partial charge in [0.05, 0.1) is 20.3 Å². The van der Waals surface area contributed by atoms with Crippen molar-refractivity contribution >= 4 is 11.9 Å². The van der Waals surface area contributed by atoms with E-state index in [9.17, 15) is 9.59 Å². The summed E-state index contributed by atoms with van der Waals surface area (Å²) in [6.07, 6.45) is 6.23. The molecule has 22 heavy (non-hydrogen) atoms. The van der Waals surface area contributed by atoms with E-state index in [1.165, 1.54) is 38.4 Å². The molecule has 1 atom stereocenters. The van der Waals surface area contributed by atoms with Crippen molar-refractivity contribution in [2.45, 2.75) is 44.4 Å². The van der Waals surface area contributed by atoms with Gasteiger partial charge in [-0.25, -0.2) is 4.79 Å². The van der Waals surface area contributed by atoms with Gasteiger partial charge in [0.1, 0.15) is 6.04 Å². The van der Waals surface area contributed by atoms with Crippen LogP contribution in [0, 0.1) is 11.8 Å². The van der Waals surface area contributed by atoms with Crippen molar-refractivity contribution < 1.29 is 23.8 Å². The van der Waals surface area contributed by atoms with E-state index in [0.717, 1.165) is 0 Å². The third-order valence-electron chi connectivity index (χ3n) is 4.32. The highest BCUT2D eigenvalue weighted by Crippen LogP contribution is 2.48. The van der Waals surface area contributed by atoms with Crippen LogP contribution >= 0.6 is 0 Å². The molecule has 0 radical (unpaired) electrons. The third-order valence-corrected chi connectivity index (χ3v) is 4.32. The molecule has 1 aliphatic heterocycles. The summed E-state index contributed by atoms with van der Waals surface area (Å²) in [5.74, 6) is 0.468. The SMILES string of the molecule is COC(=O)C(CC1OCCO1)NC(=O)C=C(C1CC1)C1CC1. The molecular weight excluding hydrogens is 286 g/mol. The molecule has 0 bridgehead atoms. The monoisotopic (exact) mass is 309 g/mol. The summed E-state index contributed by atoms with van der Waals surface area (Å²) in [7, 11) is 1.31. The molecular formula is C16H23NO5. The Labute approximate surface area is 130 Å². The molecule has 1 saturated heterocycles. The quantitative estimate of drug-likeness (QED) is 0.564. The minimum Gasteiger partial charge on any atom is -0.467 e. The lowest BCUT2D eigenvalue weighted by Gasteiger charge is -2.18. The Morgan fingerprint density at radius 1 is 1.18 bits per heavy atom. The minimum absolute atomic E-state index is 0.220. The van der Waals surface area contributed by atoms with E-state index in [0.29, 0.717) is 25.0 Å². The van der Waals surface area contributed by atoms with Crippen molar-refractivity contribution in [3.05, 3.63) is 11.6 Å². The van der Waals surface area contributed by atoms with Crippen LogP contribution < -0.4 is 5.32 Å². The van der Waals surface area contributed by atoms with E-state index in [1.807, 2.05) is 0 Å². The minimum atomic E-state index is -0.739. The van der Waals surface area contributed by atoms with Crippen LogP contribution in [0.5, 0.6) is 0 Å². The van der Waals surface area contributed by atoms with Gasteiger partial charge in [-0.15, -0.1) is 0 Å². The summed E-state index contributed by atoms with van der Waals surface area (Å²) in [5, 5.41) is 2.74. The van der Waals surface area contributed by atoms with E-state index in [-0.39, 0.29) is 12.3 Å². The van der Waals surface area contributed by atoms with Crippen molar-refractivity contribution in [2.24, 2.45) is 11.8 Å². The Morgan fingerprint density at radius 3 is 2.27 bits per heavy atom. The lowest BCUT2D eigenvalue weighted by atomic mass is 10.1. The first-order valence-corrected chi connectivity index (χ1v) is 8.00. The van der Waals surface area contributed by atoms with E-state index >= 15 is 0 Å². The number of amides is 1. The number of hydrogen-bond acceptors (Lipinski definition) is 5. The van der Waals surface area contributed by atoms with Gasteiger partial charge >= 0.3 is 5.97 Å². The van der Waals surface area contributed by atoms with Crippen LogP contribution in [0.15, 0.2) is 11.6 Å². The number of allylic oxidation sites excluding steroid dienone is 1. The Balaban J connectivity index is 1.59. The number of methoxy groups -OCH3 is 1. The molecule has 1 N–H and O–H groups in total. The summed E-state index contributed by atoms with van der Waals surface area (Å²) in [4.78, 5) is 24.1. The Morgan fingerprint density at radius 2 is 1.77 bits per heavy atom. The van der Waals surface area contributed by atoms with Crippen LogP contribution in [0.4, 0.5) is 0 Å². The molecule has 2 saturated carbocycles. The molecule has 0 aromatic heterocycles. The molecule has 0 aromatic carbocycles. The maximum Gasteiger partial charge on any atom is 0.328 e. The Hall–Kier alpha value is -1.40. The average molecular weight is 309 g/mol. The van der Waals surface area contributed by atoms with Crippen LogP contribution in [0.3, 0.4) is 0 Å². The van der Waals surface area contributed by atoms with Crippen molar-refractivity contribution in [1.82, 2.24) is 5.32 Å². The number of carbonyl (C=O) groups excluding carboxylic acids is 2. The van der Waals surface area contributed by atoms with Crippen LogP contribution in [-0.2, 0) is 23.8 Å². The number of nitrogens with one attached hydrogen (secondary N) is 1. The second-order valence-electron chi connectivity index (χ2n) is 6.18. The highest BCUT2D eigenvalue weighted by atomic mass is 16.7. The number of carbonyl (C=O) groups is 2. The van der Waals surface area contributed by atoms with Crippen LogP contribution in [0.2, 0.25) is 0 Å². The topological polar surface area (TPSA) is 73.9 Å². The first-order chi connectivity index (χ1) is 10.7. The predicted molar refractivity (Wildman–Crippen MR) is 77.8 cm³/mol. The molecule has 3 aliphatic rings. The molecule has 1 heterocycles. The molecule has 1 unspecified atom stereocenters. The summed E-state index contributed by atoms with van der Waals surface area (Å²) >= 11 is 0. The predicted octanol–water partition coefficient (Wildman–Crippen LogP) is 1.15. The van der Waals surface area contributed by atoms with Gasteiger partial charge in [-0.3, -0.25) is 4.79 Å². The molecule has 3 rings (SSSR count). The molecule has 0 aromatic rings. The zero-order valence-electron chi connectivity index (χ0n) is 12.9. The fraction of sp³-hybridized carbons (Fsp3) is 0.750. The summed E-state index contributed by atoms with van der Waals surface area (Å²) in [6, 6.07) is -0.739. The standard InChI is InChI=1S/C16H23NO5/c1-20-16(19)13(9-15-21-6-7-22-15)17-14(18)8-12(10-2-3-10)11-4-5-11/h8,10-11,13,15H,2-7,9H2,1H3,(H,17,18). The van der Waals surface area contributed by atoms with Crippen LogP contribution in [0.25, 0.3) is 0 Å². The van der Waals surface area contributed by atoms with Gasteiger partial charge in [0.15, 0.2) is 6.29 Å². The van der Waals surface area contributed by atoms with Crippen molar-refractivity contribution in [2.75, 3.05) is 20.3 Å². The van der Waals surface area contributed by atoms with E-state index in [4.69, 9.17) is 14.2 Å².